The summed E-state index contributed by atoms with van der Waals surface area (Å²) in [4.78, 5) is 21.4. The minimum absolute atomic E-state index is 0.667. The Labute approximate surface area is 109 Å². The lowest BCUT2D eigenvalue weighted by Gasteiger charge is -2.31. The van der Waals surface area contributed by atoms with Gasteiger partial charge < -0.3 is 36.0 Å². The fraction of sp³-hybridized carbons (Fsp3) is 0.800. The number of carboxylic acid groups (broad SMARTS) is 1. The summed E-state index contributed by atoms with van der Waals surface area (Å²) in [5, 5.41) is 57.2. The molecule has 0 radical (unpaired) electrons. The number of carboxylic acids is 1. The third-order valence-corrected chi connectivity index (χ3v) is 2.47. The molecule has 0 aromatic heterocycles. The Hall–Kier alpha value is -1.26. The predicted molar refractivity (Wildman–Crippen MR) is 61.0 cm³/mol. The largest absolute Gasteiger partial charge is 0.481 e. The first-order chi connectivity index (χ1) is 8.70. The number of carbonyl (C=O) groups excluding carboxylic acids is 1. The van der Waals surface area contributed by atoms with E-state index in [1.54, 1.807) is 0 Å². The number of aliphatic hydroxyl groups is 5. The van der Waals surface area contributed by atoms with Crippen LogP contribution in [0.4, 0.5) is 0 Å². The van der Waals surface area contributed by atoms with Gasteiger partial charge in [0.2, 0.25) is 5.91 Å². The molecular formula is C10H19NO8. The molecule has 0 bridgehead atoms. The second-order valence-corrected chi connectivity index (χ2v) is 4.12. The maximum atomic E-state index is 10.9. The maximum Gasteiger partial charge on any atom is 0.306 e. The Morgan fingerprint density at radius 2 is 1.58 bits per heavy atom. The molecule has 9 heteroatoms. The van der Waals surface area contributed by atoms with Crippen LogP contribution in [0.5, 0.6) is 0 Å². The summed E-state index contributed by atoms with van der Waals surface area (Å²) in [5.41, 5.74) is 0. The zero-order valence-electron chi connectivity index (χ0n) is 10.3. The van der Waals surface area contributed by atoms with Crippen LogP contribution in [-0.4, -0.2) is 79.6 Å². The molecule has 9 nitrogen and oxygen atoms in total. The molecular weight excluding hydrogens is 262 g/mol. The van der Waals surface area contributed by atoms with Crippen molar-refractivity contribution in [2.24, 2.45) is 0 Å². The van der Waals surface area contributed by atoms with E-state index < -0.39 is 55.4 Å². The van der Waals surface area contributed by atoms with Gasteiger partial charge in [-0.2, -0.15) is 0 Å². The SMILES string of the molecule is CC(=O)N[C@H]([C@@H](O)[C@H](O)[C@H](O)CO)[C@@H](O)CC(=O)O. The van der Waals surface area contributed by atoms with Crippen molar-refractivity contribution >= 4 is 11.9 Å². The van der Waals surface area contributed by atoms with E-state index in [0.717, 1.165) is 6.92 Å². The fourth-order valence-electron chi connectivity index (χ4n) is 1.50. The summed E-state index contributed by atoms with van der Waals surface area (Å²) >= 11 is 0. The Morgan fingerprint density at radius 1 is 1.05 bits per heavy atom. The first-order valence-corrected chi connectivity index (χ1v) is 5.52. The lowest BCUT2D eigenvalue weighted by molar-refractivity contribution is -0.143. The molecule has 0 unspecified atom stereocenters. The Bertz CT molecular complexity index is 310. The van der Waals surface area contributed by atoms with Gasteiger partial charge in [0.1, 0.15) is 18.3 Å². The van der Waals surface area contributed by atoms with Crippen LogP contribution in [0.2, 0.25) is 0 Å². The molecule has 7 N–H and O–H groups in total. The zero-order valence-corrected chi connectivity index (χ0v) is 10.3. The highest BCUT2D eigenvalue weighted by Gasteiger charge is 2.36. The summed E-state index contributed by atoms with van der Waals surface area (Å²) < 4.78 is 0. The minimum atomic E-state index is -1.86. The van der Waals surface area contributed by atoms with E-state index >= 15 is 0 Å². The van der Waals surface area contributed by atoms with Crippen molar-refractivity contribution in [3.63, 3.8) is 0 Å². The van der Waals surface area contributed by atoms with Gasteiger partial charge in [0, 0.05) is 6.92 Å². The highest BCUT2D eigenvalue weighted by Crippen LogP contribution is 2.11. The van der Waals surface area contributed by atoms with Crippen LogP contribution in [0.15, 0.2) is 0 Å². The van der Waals surface area contributed by atoms with E-state index in [4.69, 9.17) is 10.2 Å². The van der Waals surface area contributed by atoms with Crippen molar-refractivity contribution < 1.29 is 40.2 Å². The summed E-state index contributed by atoms with van der Waals surface area (Å²) in [6.45, 7) is 0.224. The van der Waals surface area contributed by atoms with Gasteiger partial charge in [-0.3, -0.25) is 9.59 Å². The van der Waals surface area contributed by atoms with Crippen LogP contribution in [0, 0.1) is 0 Å². The monoisotopic (exact) mass is 281 g/mol. The number of rotatable bonds is 8. The summed E-state index contributed by atoms with van der Waals surface area (Å²) in [6.07, 6.45) is -7.84. The summed E-state index contributed by atoms with van der Waals surface area (Å²) in [7, 11) is 0. The molecule has 0 aromatic rings. The molecule has 0 rings (SSSR count). The van der Waals surface area contributed by atoms with Crippen LogP contribution < -0.4 is 5.32 Å². The number of carbonyl (C=O) groups is 2. The van der Waals surface area contributed by atoms with Crippen molar-refractivity contribution in [2.75, 3.05) is 6.61 Å². The van der Waals surface area contributed by atoms with Gasteiger partial charge in [0.15, 0.2) is 0 Å². The number of aliphatic hydroxyl groups excluding tert-OH is 5. The molecule has 0 aliphatic rings. The molecule has 0 heterocycles. The quantitative estimate of drug-likeness (QED) is 0.239. The van der Waals surface area contributed by atoms with Crippen LogP contribution in [-0.2, 0) is 9.59 Å². The normalized spacial score (nSPS) is 19.1. The molecule has 1 amide bonds. The van der Waals surface area contributed by atoms with E-state index in [1.165, 1.54) is 0 Å². The van der Waals surface area contributed by atoms with Crippen molar-refractivity contribution in [3.8, 4) is 0 Å². The van der Waals surface area contributed by atoms with Gasteiger partial charge in [-0.05, 0) is 0 Å². The Morgan fingerprint density at radius 3 is 1.95 bits per heavy atom. The van der Waals surface area contributed by atoms with Crippen LogP contribution in [0.3, 0.4) is 0 Å². The predicted octanol–water partition coefficient (Wildman–Crippen LogP) is -3.60. The van der Waals surface area contributed by atoms with Gasteiger partial charge in [0.25, 0.3) is 0 Å². The molecule has 0 fully saturated rings. The highest BCUT2D eigenvalue weighted by molar-refractivity contribution is 5.73. The Kier molecular flexibility index (Phi) is 7.49. The average Bonchev–Trinajstić information content (AvgIpc) is 2.31. The van der Waals surface area contributed by atoms with Crippen molar-refractivity contribution in [3.05, 3.63) is 0 Å². The smallest absolute Gasteiger partial charge is 0.306 e. The molecule has 0 aliphatic heterocycles. The molecule has 0 aromatic carbocycles. The Balaban J connectivity index is 4.91. The molecule has 0 saturated carbocycles. The number of aliphatic carboxylic acids is 1. The molecule has 0 saturated heterocycles. The van der Waals surface area contributed by atoms with E-state index in [0.29, 0.717) is 0 Å². The topological polar surface area (TPSA) is 168 Å². The van der Waals surface area contributed by atoms with Gasteiger partial charge in [-0.1, -0.05) is 0 Å². The number of nitrogens with one attached hydrogen (secondary N) is 1. The second kappa shape index (κ2) is 8.02. The summed E-state index contributed by atoms with van der Waals surface area (Å²) in [5.74, 6) is -2.04. The second-order valence-electron chi connectivity index (χ2n) is 4.12. The van der Waals surface area contributed by atoms with E-state index in [9.17, 15) is 30.0 Å². The molecule has 112 valence electrons. The van der Waals surface area contributed by atoms with Crippen LogP contribution in [0.25, 0.3) is 0 Å². The lowest BCUT2D eigenvalue weighted by Crippen LogP contribution is -2.57. The first kappa shape index (κ1) is 17.7. The molecule has 5 atom stereocenters. The van der Waals surface area contributed by atoms with Gasteiger partial charge in [0.05, 0.1) is 25.2 Å². The van der Waals surface area contributed by atoms with Crippen LogP contribution in [0.1, 0.15) is 13.3 Å². The number of hydrogen-bond acceptors (Lipinski definition) is 7. The number of hydrogen-bond donors (Lipinski definition) is 7. The zero-order chi connectivity index (χ0) is 15.2. The van der Waals surface area contributed by atoms with E-state index in [-0.39, 0.29) is 0 Å². The third-order valence-electron chi connectivity index (χ3n) is 2.47. The third kappa shape index (κ3) is 5.94. The highest BCUT2D eigenvalue weighted by atomic mass is 16.4. The summed E-state index contributed by atoms with van der Waals surface area (Å²) in [6, 6.07) is -1.50. The molecule has 19 heavy (non-hydrogen) atoms. The van der Waals surface area contributed by atoms with Gasteiger partial charge in [-0.15, -0.1) is 0 Å². The van der Waals surface area contributed by atoms with E-state index in [1.807, 2.05) is 0 Å². The van der Waals surface area contributed by atoms with Crippen molar-refractivity contribution in [1.82, 2.24) is 5.32 Å². The van der Waals surface area contributed by atoms with Gasteiger partial charge >= 0.3 is 5.97 Å². The molecule has 0 spiro atoms. The average molecular weight is 281 g/mol. The minimum Gasteiger partial charge on any atom is -0.481 e. The standard InChI is InChI=1S/C10H19NO8/c1-4(13)11-8(5(14)2-7(16)17)10(19)9(18)6(15)3-12/h5-6,8-10,12,14-15,18-19H,2-3H2,1H3,(H,11,13)(H,16,17)/t5-,6+,8-,9+,10+/m0/s1. The van der Waals surface area contributed by atoms with Crippen molar-refractivity contribution in [2.45, 2.75) is 43.8 Å². The van der Waals surface area contributed by atoms with Gasteiger partial charge in [-0.25, -0.2) is 0 Å². The first-order valence-electron chi connectivity index (χ1n) is 5.52. The maximum absolute atomic E-state index is 10.9. The molecule has 0 aliphatic carbocycles. The van der Waals surface area contributed by atoms with E-state index in [2.05, 4.69) is 5.32 Å². The van der Waals surface area contributed by atoms with Crippen molar-refractivity contribution in [1.29, 1.82) is 0 Å². The lowest BCUT2D eigenvalue weighted by atomic mass is 9.95. The fourth-order valence-corrected chi connectivity index (χ4v) is 1.50. The number of amides is 1. The van der Waals surface area contributed by atoms with Crippen LogP contribution >= 0.6 is 0 Å².